The number of rotatable bonds is 5. The Morgan fingerprint density at radius 3 is 2.43 bits per heavy atom. The minimum Gasteiger partial charge on any atom is -0.480 e. The minimum atomic E-state index is -1.36. The van der Waals surface area contributed by atoms with Crippen molar-refractivity contribution in [1.82, 2.24) is 5.32 Å². The van der Waals surface area contributed by atoms with Crippen molar-refractivity contribution >= 4 is 17.8 Å². The van der Waals surface area contributed by atoms with Crippen LogP contribution in [-0.2, 0) is 14.3 Å². The number of aliphatic carboxylic acids is 1. The summed E-state index contributed by atoms with van der Waals surface area (Å²) in [4.78, 5) is 34.7. The lowest BCUT2D eigenvalue weighted by Gasteiger charge is -2.21. The number of ether oxygens (including phenoxy) is 1. The number of aryl methyl sites for hydroxylation is 1. The number of amides is 1. The predicted molar refractivity (Wildman–Crippen MR) is 72.8 cm³/mol. The first-order valence-corrected chi connectivity index (χ1v) is 6.40. The molecule has 0 aromatic carbocycles. The summed E-state index contributed by atoms with van der Waals surface area (Å²) in [6.07, 6.45) is 0.878. The highest BCUT2D eigenvalue weighted by Gasteiger charge is 2.27. The lowest BCUT2D eigenvalue weighted by molar-refractivity contribution is -0.158. The molecule has 0 aliphatic heterocycles. The van der Waals surface area contributed by atoms with Gasteiger partial charge in [-0.3, -0.25) is 9.59 Å². The van der Waals surface area contributed by atoms with Crippen LogP contribution in [0.1, 0.15) is 43.3 Å². The number of carbonyl (C=O) groups is 3. The molecule has 0 spiro atoms. The third-order valence-corrected chi connectivity index (χ3v) is 2.50. The van der Waals surface area contributed by atoms with Crippen molar-refractivity contribution in [1.29, 1.82) is 0 Å². The molecule has 116 valence electrons. The molecule has 7 heteroatoms. The van der Waals surface area contributed by atoms with Crippen LogP contribution in [-0.4, -0.2) is 34.6 Å². The molecule has 0 radical (unpaired) electrons. The summed E-state index contributed by atoms with van der Waals surface area (Å²) in [5.41, 5.74) is -0.490. The van der Waals surface area contributed by atoms with Crippen molar-refractivity contribution in [2.45, 2.75) is 45.8 Å². The topological polar surface area (TPSA) is 106 Å². The molecular formula is C14H19NO6. The van der Waals surface area contributed by atoms with Crippen LogP contribution < -0.4 is 5.32 Å². The van der Waals surface area contributed by atoms with E-state index in [2.05, 4.69) is 5.32 Å². The number of furan rings is 1. The molecule has 1 atom stereocenters. The molecule has 0 unspecified atom stereocenters. The van der Waals surface area contributed by atoms with E-state index in [0.717, 1.165) is 0 Å². The predicted octanol–water partition coefficient (Wildman–Crippen LogP) is 1.50. The van der Waals surface area contributed by atoms with Gasteiger partial charge in [-0.2, -0.15) is 0 Å². The molecule has 21 heavy (non-hydrogen) atoms. The molecule has 1 aromatic heterocycles. The zero-order valence-corrected chi connectivity index (χ0v) is 12.4. The van der Waals surface area contributed by atoms with Crippen LogP contribution in [0.4, 0.5) is 0 Å². The lowest BCUT2D eigenvalue weighted by atomic mass is 10.1. The highest BCUT2D eigenvalue weighted by molar-refractivity contribution is 5.98. The summed E-state index contributed by atoms with van der Waals surface area (Å²) in [5.74, 6) is -2.25. The van der Waals surface area contributed by atoms with Gasteiger partial charge < -0.3 is 19.6 Å². The average molecular weight is 297 g/mol. The zero-order chi connectivity index (χ0) is 16.2. The van der Waals surface area contributed by atoms with Gasteiger partial charge in [0, 0.05) is 0 Å². The van der Waals surface area contributed by atoms with Gasteiger partial charge in [0.2, 0.25) is 0 Å². The average Bonchev–Trinajstić information content (AvgIpc) is 2.71. The fraction of sp³-hybridized carbons (Fsp3) is 0.500. The Labute approximate surface area is 122 Å². The summed E-state index contributed by atoms with van der Waals surface area (Å²) in [7, 11) is 0. The maximum atomic E-state index is 11.9. The molecule has 0 aliphatic carbocycles. The smallest absolute Gasteiger partial charge is 0.326 e. The molecule has 0 saturated heterocycles. The van der Waals surface area contributed by atoms with Gasteiger partial charge in [-0.1, -0.05) is 0 Å². The Bertz CT molecular complexity index is 540. The van der Waals surface area contributed by atoms with Crippen LogP contribution >= 0.6 is 0 Å². The van der Waals surface area contributed by atoms with Crippen molar-refractivity contribution in [2.75, 3.05) is 0 Å². The van der Waals surface area contributed by atoms with Gasteiger partial charge in [-0.15, -0.1) is 0 Å². The van der Waals surface area contributed by atoms with Gasteiger partial charge in [-0.05, 0) is 33.8 Å². The maximum absolute atomic E-state index is 11.9. The number of esters is 1. The Hall–Kier alpha value is -2.31. The van der Waals surface area contributed by atoms with Gasteiger partial charge in [0.15, 0.2) is 0 Å². The van der Waals surface area contributed by atoms with Crippen molar-refractivity contribution < 1.29 is 28.6 Å². The molecule has 7 nitrogen and oxygen atoms in total. The molecule has 0 fully saturated rings. The summed E-state index contributed by atoms with van der Waals surface area (Å²) in [5, 5.41) is 11.4. The summed E-state index contributed by atoms with van der Waals surface area (Å²) in [6.45, 7) is 6.61. The molecule has 1 aromatic rings. The van der Waals surface area contributed by atoms with E-state index in [0.29, 0.717) is 5.76 Å². The first-order chi connectivity index (χ1) is 9.60. The normalized spacial score (nSPS) is 12.6. The summed E-state index contributed by atoms with van der Waals surface area (Å²) < 4.78 is 10.0. The molecule has 0 bridgehead atoms. The van der Waals surface area contributed by atoms with Crippen LogP contribution in [0.3, 0.4) is 0 Å². The second-order valence-corrected chi connectivity index (χ2v) is 5.55. The Kier molecular flexibility index (Phi) is 5.12. The van der Waals surface area contributed by atoms with Crippen LogP contribution in [0.15, 0.2) is 16.7 Å². The molecule has 1 amide bonds. The van der Waals surface area contributed by atoms with Crippen molar-refractivity contribution in [3.63, 3.8) is 0 Å². The van der Waals surface area contributed by atoms with E-state index in [1.807, 2.05) is 0 Å². The highest BCUT2D eigenvalue weighted by Crippen LogP contribution is 2.11. The quantitative estimate of drug-likeness (QED) is 0.798. The van der Waals surface area contributed by atoms with E-state index in [1.165, 1.54) is 12.3 Å². The van der Waals surface area contributed by atoms with Crippen LogP contribution in [0.25, 0.3) is 0 Å². The molecular weight excluding hydrogens is 278 g/mol. The number of carbonyl (C=O) groups excluding carboxylic acids is 2. The number of hydrogen-bond donors (Lipinski definition) is 2. The van der Waals surface area contributed by atoms with E-state index in [4.69, 9.17) is 14.3 Å². The molecule has 1 rings (SSSR count). The highest BCUT2D eigenvalue weighted by atomic mass is 16.6. The lowest BCUT2D eigenvalue weighted by Crippen LogP contribution is -2.43. The van der Waals surface area contributed by atoms with Crippen molar-refractivity contribution in [3.05, 3.63) is 23.7 Å². The maximum Gasteiger partial charge on any atom is 0.326 e. The standard InChI is InChI=1S/C14H19NO6/c1-8-9(5-6-20-8)12(17)15-10(13(18)19)7-11(16)21-14(2,3)4/h5-6,10H,7H2,1-4H3,(H,15,17)(H,18,19)/t10-/m0/s1. The van der Waals surface area contributed by atoms with Gasteiger partial charge in [0.25, 0.3) is 5.91 Å². The van der Waals surface area contributed by atoms with E-state index < -0.39 is 35.9 Å². The van der Waals surface area contributed by atoms with E-state index in [1.54, 1.807) is 27.7 Å². The monoisotopic (exact) mass is 297 g/mol. The van der Waals surface area contributed by atoms with E-state index in [9.17, 15) is 14.4 Å². The van der Waals surface area contributed by atoms with E-state index in [-0.39, 0.29) is 5.56 Å². The van der Waals surface area contributed by atoms with Gasteiger partial charge >= 0.3 is 11.9 Å². The molecule has 0 saturated carbocycles. The summed E-state index contributed by atoms with van der Waals surface area (Å²) >= 11 is 0. The molecule has 2 N–H and O–H groups in total. The van der Waals surface area contributed by atoms with E-state index >= 15 is 0 Å². The second kappa shape index (κ2) is 6.43. The molecule has 1 heterocycles. The second-order valence-electron chi connectivity index (χ2n) is 5.55. The Morgan fingerprint density at radius 2 is 2.00 bits per heavy atom. The SMILES string of the molecule is Cc1occc1C(=O)N[C@@H](CC(=O)OC(C)(C)C)C(=O)O. The Balaban J connectivity index is 2.71. The number of hydrogen-bond acceptors (Lipinski definition) is 5. The van der Waals surface area contributed by atoms with Crippen LogP contribution in [0.2, 0.25) is 0 Å². The third kappa shape index (κ3) is 5.29. The zero-order valence-electron chi connectivity index (χ0n) is 12.4. The molecule has 0 aliphatic rings. The number of nitrogens with one attached hydrogen (secondary N) is 1. The summed E-state index contributed by atoms with van der Waals surface area (Å²) in [6, 6.07) is 0.0680. The van der Waals surface area contributed by atoms with Crippen molar-refractivity contribution in [2.24, 2.45) is 0 Å². The fourth-order valence-corrected chi connectivity index (χ4v) is 1.61. The van der Waals surface area contributed by atoms with Crippen molar-refractivity contribution in [3.8, 4) is 0 Å². The van der Waals surface area contributed by atoms with Gasteiger partial charge in [0.1, 0.15) is 17.4 Å². The Morgan fingerprint density at radius 1 is 1.38 bits per heavy atom. The fourth-order valence-electron chi connectivity index (χ4n) is 1.61. The van der Waals surface area contributed by atoms with Gasteiger partial charge in [-0.25, -0.2) is 4.79 Å². The third-order valence-electron chi connectivity index (χ3n) is 2.50. The first-order valence-electron chi connectivity index (χ1n) is 6.40. The first kappa shape index (κ1) is 16.7. The number of carboxylic acids is 1. The number of carboxylic acid groups (broad SMARTS) is 1. The van der Waals surface area contributed by atoms with Crippen LogP contribution in [0.5, 0.6) is 0 Å². The van der Waals surface area contributed by atoms with Crippen LogP contribution in [0, 0.1) is 6.92 Å². The van der Waals surface area contributed by atoms with Gasteiger partial charge in [0.05, 0.1) is 18.2 Å². The minimum absolute atomic E-state index is 0.227. The largest absolute Gasteiger partial charge is 0.480 e.